The van der Waals surface area contributed by atoms with Crippen LogP contribution in [-0.2, 0) is 16.1 Å². The molecule has 0 spiro atoms. The Hall–Kier alpha value is -2.70. The molecule has 0 saturated heterocycles. The van der Waals surface area contributed by atoms with Crippen LogP contribution in [0.5, 0.6) is 0 Å². The molecule has 7 heteroatoms. The van der Waals surface area contributed by atoms with E-state index in [0.29, 0.717) is 32.2 Å². The number of amides is 1. The second-order valence-electron chi connectivity index (χ2n) is 6.97. The summed E-state index contributed by atoms with van der Waals surface area (Å²) in [6.45, 7) is 4.34. The number of rotatable bonds is 5. The first kappa shape index (κ1) is 18.1. The molecule has 7 nitrogen and oxygen atoms in total. The van der Waals surface area contributed by atoms with Crippen molar-refractivity contribution in [3.05, 3.63) is 41.3 Å². The summed E-state index contributed by atoms with van der Waals surface area (Å²) < 4.78 is 1.79. The van der Waals surface area contributed by atoms with E-state index in [9.17, 15) is 9.59 Å². The van der Waals surface area contributed by atoms with Crippen LogP contribution in [0.15, 0.2) is 24.4 Å². The number of hydrogen-bond acceptors (Lipinski definition) is 4. The smallest absolute Gasteiger partial charge is 0.306 e. The van der Waals surface area contributed by atoms with Crippen molar-refractivity contribution in [3.8, 4) is 5.82 Å². The molecule has 0 bridgehead atoms. The molecular weight excluding hydrogens is 332 g/mol. The molecule has 2 aromatic heterocycles. The summed E-state index contributed by atoms with van der Waals surface area (Å²) in [6, 6.07) is 5.81. The van der Waals surface area contributed by atoms with Gasteiger partial charge in [0.1, 0.15) is 0 Å². The summed E-state index contributed by atoms with van der Waals surface area (Å²) in [5.74, 6) is -0.399. The predicted octanol–water partition coefficient (Wildman–Crippen LogP) is 2.39. The maximum atomic E-state index is 12.3. The van der Waals surface area contributed by atoms with Crippen LogP contribution in [0, 0.1) is 25.7 Å². The molecule has 0 atom stereocenters. The Kier molecular flexibility index (Phi) is 5.35. The molecular formula is C19H24N4O3. The third-order valence-corrected chi connectivity index (χ3v) is 4.95. The number of carboxylic acids is 1. The Balaban J connectivity index is 1.53. The van der Waals surface area contributed by atoms with E-state index < -0.39 is 5.97 Å². The SMILES string of the molecule is Cc1cc(C)n(-c2ccc(CNC(=O)C3CCC(C(=O)O)CC3)cn2)n1. The maximum Gasteiger partial charge on any atom is 0.306 e. The fourth-order valence-electron chi connectivity index (χ4n) is 3.44. The lowest BCUT2D eigenvalue weighted by Crippen LogP contribution is -2.34. The van der Waals surface area contributed by atoms with Gasteiger partial charge in [-0.2, -0.15) is 5.10 Å². The maximum absolute atomic E-state index is 12.3. The van der Waals surface area contributed by atoms with Crippen molar-refractivity contribution in [3.63, 3.8) is 0 Å². The predicted molar refractivity (Wildman–Crippen MR) is 95.8 cm³/mol. The summed E-state index contributed by atoms with van der Waals surface area (Å²) in [4.78, 5) is 27.7. The molecule has 0 aromatic carbocycles. The van der Waals surface area contributed by atoms with Gasteiger partial charge < -0.3 is 10.4 Å². The minimum absolute atomic E-state index is 0.00328. The van der Waals surface area contributed by atoms with Crippen molar-refractivity contribution in [2.45, 2.75) is 46.1 Å². The molecule has 2 heterocycles. The van der Waals surface area contributed by atoms with Crippen LogP contribution in [0.1, 0.15) is 42.6 Å². The number of pyridine rings is 1. The minimum atomic E-state index is -0.752. The zero-order valence-corrected chi connectivity index (χ0v) is 15.1. The van der Waals surface area contributed by atoms with Gasteiger partial charge in [0.25, 0.3) is 0 Å². The monoisotopic (exact) mass is 356 g/mol. The summed E-state index contributed by atoms with van der Waals surface area (Å²) in [6.07, 6.45) is 4.17. The highest BCUT2D eigenvalue weighted by molar-refractivity contribution is 5.79. The minimum Gasteiger partial charge on any atom is -0.481 e. The van der Waals surface area contributed by atoms with Gasteiger partial charge in [-0.3, -0.25) is 9.59 Å². The lowest BCUT2D eigenvalue weighted by molar-refractivity contribution is -0.144. The number of aryl methyl sites for hydroxylation is 2. The van der Waals surface area contributed by atoms with E-state index in [-0.39, 0.29) is 17.7 Å². The molecule has 1 fully saturated rings. The van der Waals surface area contributed by atoms with Crippen molar-refractivity contribution in [2.24, 2.45) is 11.8 Å². The molecule has 138 valence electrons. The summed E-state index contributed by atoms with van der Waals surface area (Å²) in [5, 5.41) is 16.4. The van der Waals surface area contributed by atoms with Crippen LogP contribution in [0.3, 0.4) is 0 Å². The van der Waals surface area contributed by atoms with Gasteiger partial charge in [0, 0.05) is 24.4 Å². The largest absolute Gasteiger partial charge is 0.481 e. The van der Waals surface area contributed by atoms with Gasteiger partial charge in [-0.05, 0) is 57.2 Å². The number of aromatic nitrogens is 3. The topological polar surface area (TPSA) is 97.1 Å². The number of nitrogens with zero attached hydrogens (tertiary/aromatic N) is 3. The molecule has 1 aliphatic rings. The van der Waals surface area contributed by atoms with Gasteiger partial charge in [-0.15, -0.1) is 0 Å². The van der Waals surface area contributed by atoms with Gasteiger partial charge >= 0.3 is 5.97 Å². The first-order valence-corrected chi connectivity index (χ1v) is 8.93. The van der Waals surface area contributed by atoms with Crippen LogP contribution in [-0.4, -0.2) is 31.7 Å². The standard InChI is InChI=1S/C19H24N4O3/c1-12-9-13(2)23(22-12)17-8-3-14(10-20-17)11-21-18(24)15-4-6-16(7-5-15)19(25)26/h3,8-10,15-16H,4-7,11H2,1-2H3,(H,21,24)(H,25,26). The van der Waals surface area contributed by atoms with Crippen molar-refractivity contribution in [1.29, 1.82) is 0 Å². The third kappa shape index (κ3) is 4.09. The normalized spacial score (nSPS) is 19.9. The van der Waals surface area contributed by atoms with E-state index in [2.05, 4.69) is 15.4 Å². The number of carboxylic acid groups (broad SMARTS) is 1. The van der Waals surface area contributed by atoms with Crippen LogP contribution in [0.4, 0.5) is 0 Å². The molecule has 0 aliphatic heterocycles. The quantitative estimate of drug-likeness (QED) is 0.857. The van der Waals surface area contributed by atoms with Crippen molar-refractivity contribution in [2.75, 3.05) is 0 Å². The Morgan fingerprint density at radius 1 is 1.19 bits per heavy atom. The lowest BCUT2D eigenvalue weighted by atomic mass is 9.81. The fourth-order valence-corrected chi connectivity index (χ4v) is 3.44. The van der Waals surface area contributed by atoms with E-state index in [4.69, 9.17) is 5.11 Å². The van der Waals surface area contributed by atoms with Crippen LogP contribution in [0.25, 0.3) is 5.82 Å². The second kappa shape index (κ2) is 7.68. The van der Waals surface area contributed by atoms with Gasteiger partial charge in [0.15, 0.2) is 5.82 Å². The second-order valence-corrected chi connectivity index (χ2v) is 6.97. The zero-order chi connectivity index (χ0) is 18.7. The average Bonchev–Trinajstić information content (AvgIpc) is 2.98. The Morgan fingerprint density at radius 2 is 1.88 bits per heavy atom. The first-order chi connectivity index (χ1) is 12.4. The van der Waals surface area contributed by atoms with E-state index in [0.717, 1.165) is 22.8 Å². The van der Waals surface area contributed by atoms with Gasteiger partial charge in [-0.25, -0.2) is 9.67 Å². The van der Waals surface area contributed by atoms with E-state index in [1.54, 1.807) is 10.9 Å². The molecule has 2 N–H and O–H groups in total. The number of carbonyl (C=O) groups excluding carboxylic acids is 1. The molecule has 3 rings (SSSR count). The average molecular weight is 356 g/mol. The number of hydrogen-bond donors (Lipinski definition) is 2. The van der Waals surface area contributed by atoms with Gasteiger partial charge in [-0.1, -0.05) is 6.07 Å². The Labute approximate surface area is 152 Å². The molecule has 1 aliphatic carbocycles. The lowest BCUT2D eigenvalue weighted by Gasteiger charge is -2.25. The van der Waals surface area contributed by atoms with Crippen LogP contribution >= 0.6 is 0 Å². The van der Waals surface area contributed by atoms with Crippen molar-refractivity contribution >= 4 is 11.9 Å². The molecule has 26 heavy (non-hydrogen) atoms. The summed E-state index contributed by atoms with van der Waals surface area (Å²) in [7, 11) is 0. The molecule has 2 aromatic rings. The van der Waals surface area contributed by atoms with E-state index >= 15 is 0 Å². The number of nitrogens with one attached hydrogen (secondary N) is 1. The Morgan fingerprint density at radius 3 is 2.42 bits per heavy atom. The van der Waals surface area contributed by atoms with E-state index in [1.165, 1.54) is 0 Å². The van der Waals surface area contributed by atoms with Crippen LogP contribution in [0.2, 0.25) is 0 Å². The highest BCUT2D eigenvalue weighted by Crippen LogP contribution is 2.29. The van der Waals surface area contributed by atoms with Crippen LogP contribution < -0.4 is 5.32 Å². The number of aliphatic carboxylic acids is 1. The zero-order valence-electron chi connectivity index (χ0n) is 15.1. The number of carbonyl (C=O) groups is 2. The van der Waals surface area contributed by atoms with Gasteiger partial charge in [0.2, 0.25) is 5.91 Å². The molecule has 1 saturated carbocycles. The summed E-state index contributed by atoms with van der Waals surface area (Å²) >= 11 is 0. The highest BCUT2D eigenvalue weighted by Gasteiger charge is 2.29. The Bertz CT molecular complexity index is 790. The fraction of sp³-hybridized carbons (Fsp3) is 0.474. The molecule has 1 amide bonds. The van der Waals surface area contributed by atoms with Gasteiger partial charge in [0.05, 0.1) is 11.6 Å². The third-order valence-electron chi connectivity index (χ3n) is 4.95. The van der Waals surface area contributed by atoms with Crippen molar-refractivity contribution in [1.82, 2.24) is 20.1 Å². The highest BCUT2D eigenvalue weighted by atomic mass is 16.4. The molecule has 0 radical (unpaired) electrons. The summed E-state index contributed by atoms with van der Waals surface area (Å²) in [5.41, 5.74) is 2.88. The van der Waals surface area contributed by atoms with Crippen molar-refractivity contribution < 1.29 is 14.7 Å². The molecule has 0 unspecified atom stereocenters. The van der Waals surface area contributed by atoms with E-state index in [1.807, 2.05) is 32.0 Å². The first-order valence-electron chi connectivity index (χ1n) is 8.93.